The van der Waals surface area contributed by atoms with E-state index in [-0.39, 0.29) is 12.4 Å². The van der Waals surface area contributed by atoms with Crippen LogP contribution in [0.2, 0.25) is 0 Å². The van der Waals surface area contributed by atoms with Crippen LogP contribution in [0.5, 0.6) is 0 Å². The van der Waals surface area contributed by atoms with E-state index in [0.717, 1.165) is 0 Å². The molecule has 1 N–H and O–H groups in total. The first kappa shape index (κ1) is 15.7. The maximum atomic E-state index is 13.6. The van der Waals surface area contributed by atoms with Crippen molar-refractivity contribution in [3.63, 3.8) is 0 Å². The van der Waals surface area contributed by atoms with Crippen LogP contribution in [0.25, 0.3) is 0 Å². The summed E-state index contributed by atoms with van der Waals surface area (Å²) >= 11 is 3.18. The monoisotopic (exact) mass is 380 g/mol. The zero-order chi connectivity index (χ0) is 16.6. The molecule has 6 nitrogen and oxygen atoms in total. The Hall–Kier alpha value is -2.22. The number of nitrogens with one attached hydrogen (secondary N) is 1. The van der Waals surface area contributed by atoms with Crippen LogP contribution in [0.4, 0.5) is 10.3 Å². The SMILES string of the molecule is CCOC(=O)C1=C(C)Nc2ncnn2[C@H]1c1ccc(F)c(Br)c1. The molecule has 2 aromatic rings. The fourth-order valence-electron chi connectivity index (χ4n) is 2.55. The Kier molecular flexibility index (Phi) is 4.16. The highest BCUT2D eigenvalue weighted by molar-refractivity contribution is 9.10. The van der Waals surface area contributed by atoms with Crippen molar-refractivity contribution in [1.29, 1.82) is 0 Å². The minimum atomic E-state index is -0.537. The van der Waals surface area contributed by atoms with Gasteiger partial charge in [0.2, 0.25) is 5.95 Å². The lowest BCUT2D eigenvalue weighted by molar-refractivity contribution is -0.139. The molecule has 0 aliphatic carbocycles. The lowest BCUT2D eigenvalue weighted by Gasteiger charge is -2.28. The molecular formula is C15H14BrFN4O2. The van der Waals surface area contributed by atoms with Crippen LogP contribution in [-0.4, -0.2) is 27.3 Å². The van der Waals surface area contributed by atoms with E-state index in [1.165, 1.54) is 12.4 Å². The zero-order valence-electron chi connectivity index (χ0n) is 12.5. The standard InChI is InChI=1S/C15H14BrFN4O2/c1-3-23-14(22)12-8(2)20-15-18-7-19-21(15)13(12)9-4-5-11(17)10(16)6-9/h4-7,13H,3H2,1-2H3,(H,18,19,20)/t13-/m0/s1. The molecule has 0 unspecified atom stereocenters. The Morgan fingerprint density at radius 3 is 3.00 bits per heavy atom. The van der Waals surface area contributed by atoms with Crippen LogP contribution in [0.1, 0.15) is 25.5 Å². The summed E-state index contributed by atoms with van der Waals surface area (Å²) in [6.45, 7) is 3.78. The van der Waals surface area contributed by atoms with E-state index in [4.69, 9.17) is 4.74 Å². The predicted octanol–water partition coefficient (Wildman–Crippen LogP) is 3.03. The van der Waals surface area contributed by atoms with E-state index in [0.29, 0.717) is 27.3 Å². The number of ether oxygens (including phenoxy) is 1. The minimum absolute atomic E-state index is 0.264. The minimum Gasteiger partial charge on any atom is -0.463 e. The highest BCUT2D eigenvalue weighted by Crippen LogP contribution is 2.36. The maximum Gasteiger partial charge on any atom is 0.338 e. The van der Waals surface area contributed by atoms with Crippen molar-refractivity contribution < 1.29 is 13.9 Å². The number of aromatic nitrogens is 3. The van der Waals surface area contributed by atoms with Crippen LogP contribution in [0.3, 0.4) is 0 Å². The van der Waals surface area contributed by atoms with Crippen molar-refractivity contribution in [1.82, 2.24) is 14.8 Å². The topological polar surface area (TPSA) is 69.0 Å². The summed E-state index contributed by atoms with van der Waals surface area (Å²) in [4.78, 5) is 16.5. The Morgan fingerprint density at radius 2 is 2.30 bits per heavy atom. The largest absolute Gasteiger partial charge is 0.463 e. The summed E-state index contributed by atoms with van der Waals surface area (Å²) in [5, 5.41) is 7.22. The van der Waals surface area contributed by atoms with E-state index in [9.17, 15) is 9.18 Å². The van der Waals surface area contributed by atoms with Gasteiger partial charge in [0, 0.05) is 5.70 Å². The first-order chi connectivity index (χ1) is 11.0. The first-order valence-electron chi connectivity index (χ1n) is 7.02. The van der Waals surface area contributed by atoms with Gasteiger partial charge in [-0.25, -0.2) is 13.9 Å². The summed E-state index contributed by atoms with van der Waals surface area (Å²) in [5.74, 6) is -0.301. The van der Waals surface area contributed by atoms with Gasteiger partial charge in [0.05, 0.1) is 16.7 Å². The molecule has 1 aromatic carbocycles. The average molecular weight is 381 g/mol. The van der Waals surface area contributed by atoms with Gasteiger partial charge >= 0.3 is 5.97 Å². The Balaban J connectivity index is 2.16. The number of carbonyl (C=O) groups excluding carboxylic acids is 1. The van der Waals surface area contributed by atoms with Crippen molar-refractivity contribution in [2.24, 2.45) is 0 Å². The van der Waals surface area contributed by atoms with Gasteiger partial charge in [0.1, 0.15) is 18.2 Å². The van der Waals surface area contributed by atoms with Crippen molar-refractivity contribution in [3.8, 4) is 0 Å². The molecule has 2 heterocycles. The Morgan fingerprint density at radius 1 is 1.52 bits per heavy atom. The average Bonchev–Trinajstić information content (AvgIpc) is 2.96. The molecule has 0 fully saturated rings. The van der Waals surface area contributed by atoms with Crippen LogP contribution in [0.15, 0.2) is 40.3 Å². The number of fused-ring (bicyclic) bond motifs is 1. The molecule has 0 radical (unpaired) electrons. The molecule has 3 rings (SSSR count). The molecule has 8 heteroatoms. The van der Waals surface area contributed by atoms with Crippen molar-refractivity contribution >= 4 is 27.8 Å². The second kappa shape index (κ2) is 6.11. The number of benzene rings is 1. The molecule has 0 saturated carbocycles. The zero-order valence-corrected chi connectivity index (χ0v) is 14.1. The van der Waals surface area contributed by atoms with Gasteiger partial charge in [-0.3, -0.25) is 0 Å². The van der Waals surface area contributed by atoms with Crippen LogP contribution in [0, 0.1) is 5.82 Å². The molecule has 23 heavy (non-hydrogen) atoms. The predicted molar refractivity (Wildman–Crippen MR) is 85.2 cm³/mol. The third-order valence-electron chi connectivity index (χ3n) is 3.55. The van der Waals surface area contributed by atoms with E-state index < -0.39 is 12.0 Å². The Bertz CT molecular complexity index is 803. The first-order valence-corrected chi connectivity index (χ1v) is 7.81. The number of hydrogen-bond acceptors (Lipinski definition) is 5. The van der Waals surface area contributed by atoms with Gasteiger partial charge in [-0.15, -0.1) is 0 Å². The number of esters is 1. The number of allylic oxidation sites excluding steroid dienone is 1. The van der Waals surface area contributed by atoms with E-state index in [1.54, 1.807) is 30.7 Å². The van der Waals surface area contributed by atoms with Crippen LogP contribution < -0.4 is 5.32 Å². The summed E-state index contributed by atoms with van der Waals surface area (Å²) in [5.41, 5.74) is 1.76. The molecular weight excluding hydrogens is 367 g/mol. The molecule has 1 aliphatic rings. The maximum absolute atomic E-state index is 13.6. The molecule has 0 saturated heterocycles. The fourth-order valence-corrected chi connectivity index (χ4v) is 2.95. The van der Waals surface area contributed by atoms with Crippen LogP contribution >= 0.6 is 15.9 Å². The van der Waals surface area contributed by atoms with Gasteiger partial charge in [0.25, 0.3) is 0 Å². The second-order valence-electron chi connectivity index (χ2n) is 4.99. The molecule has 1 aliphatic heterocycles. The second-order valence-corrected chi connectivity index (χ2v) is 5.84. The summed E-state index contributed by atoms with van der Waals surface area (Å²) in [6.07, 6.45) is 1.40. The molecule has 1 atom stereocenters. The number of carbonyl (C=O) groups is 1. The highest BCUT2D eigenvalue weighted by atomic mass is 79.9. The summed E-state index contributed by atoms with van der Waals surface area (Å²) in [7, 11) is 0. The lowest BCUT2D eigenvalue weighted by Crippen LogP contribution is -2.29. The van der Waals surface area contributed by atoms with E-state index in [1.807, 2.05) is 0 Å². The highest BCUT2D eigenvalue weighted by Gasteiger charge is 2.34. The van der Waals surface area contributed by atoms with Gasteiger partial charge in [-0.2, -0.15) is 10.1 Å². The third-order valence-corrected chi connectivity index (χ3v) is 4.16. The van der Waals surface area contributed by atoms with Gasteiger partial charge in [-0.1, -0.05) is 6.07 Å². The number of halogens is 2. The normalized spacial score (nSPS) is 16.8. The van der Waals surface area contributed by atoms with Crippen molar-refractivity contribution in [3.05, 3.63) is 51.6 Å². The van der Waals surface area contributed by atoms with E-state index in [2.05, 4.69) is 31.3 Å². The summed E-state index contributed by atoms with van der Waals surface area (Å²) < 4.78 is 20.6. The van der Waals surface area contributed by atoms with E-state index >= 15 is 0 Å². The van der Waals surface area contributed by atoms with Gasteiger partial charge in [0.15, 0.2) is 0 Å². The molecule has 1 aromatic heterocycles. The van der Waals surface area contributed by atoms with Crippen molar-refractivity contribution in [2.75, 3.05) is 11.9 Å². The molecule has 0 amide bonds. The van der Waals surface area contributed by atoms with Gasteiger partial charge < -0.3 is 10.1 Å². The number of rotatable bonds is 3. The van der Waals surface area contributed by atoms with Crippen molar-refractivity contribution in [2.45, 2.75) is 19.9 Å². The molecule has 120 valence electrons. The lowest BCUT2D eigenvalue weighted by atomic mass is 9.96. The Labute approximate surface area is 140 Å². The van der Waals surface area contributed by atoms with Crippen LogP contribution in [-0.2, 0) is 9.53 Å². The summed E-state index contributed by atoms with van der Waals surface area (Å²) in [6, 6.07) is 4.05. The molecule has 0 spiro atoms. The number of nitrogens with zero attached hydrogens (tertiary/aromatic N) is 3. The molecule has 0 bridgehead atoms. The van der Waals surface area contributed by atoms with Gasteiger partial charge in [-0.05, 0) is 47.5 Å². The fraction of sp³-hybridized carbons (Fsp3) is 0.267. The third kappa shape index (κ3) is 2.74. The quantitative estimate of drug-likeness (QED) is 0.828. The smallest absolute Gasteiger partial charge is 0.338 e. The number of hydrogen-bond donors (Lipinski definition) is 1. The number of anilines is 1.